The van der Waals surface area contributed by atoms with Crippen LogP contribution in [-0.4, -0.2) is 42.5 Å². The highest BCUT2D eigenvalue weighted by Gasteiger charge is 2.14. The molecule has 0 aromatic carbocycles. The Bertz CT molecular complexity index is 437. The van der Waals surface area contributed by atoms with E-state index in [0.29, 0.717) is 23.6 Å². The molecule has 1 rings (SSSR count). The Morgan fingerprint density at radius 3 is 2.83 bits per heavy atom. The van der Waals surface area contributed by atoms with Gasteiger partial charge in [-0.2, -0.15) is 0 Å². The highest BCUT2D eigenvalue weighted by molar-refractivity contribution is 6.33. The largest absolute Gasteiger partial charge is 0.469 e. The van der Waals surface area contributed by atoms with Gasteiger partial charge in [-0.1, -0.05) is 11.6 Å². The van der Waals surface area contributed by atoms with Crippen molar-refractivity contribution in [2.24, 2.45) is 0 Å². The molecule has 98 valence electrons. The molecule has 1 amide bonds. The number of nitrogens with zero attached hydrogens (tertiary/aromatic N) is 2. The minimum absolute atomic E-state index is 0.188. The van der Waals surface area contributed by atoms with Gasteiger partial charge in [0.1, 0.15) is 0 Å². The summed E-state index contributed by atoms with van der Waals surface area (Å²) < 4.78 is 4.52. The molecule has 0 aliphatic rings. The topological polar surface area (TPSA) is 59.5 Å². The molecule has 0 atom stereocenters. The Labute approximate surface area is 111 Å². The summed E-state index contributed by atoms with van der Waals surface area (Å²) >= 11 is 5.89. The first kappa shape index (κ1) is 14.4. The van der Waals surface area contributed by atoms with Crippen molar-refractivity contribution in [2.45, 2.75) is 12.8 Å². The zero-order chi connectivity index (χ0) is 13.5. The molecule has 5 nitrogen and oxygen atoms in total. The Balaban J connectivity index is 2.52. The normalized spacial score (nSPS) is 9.94. The maximum atomic E-state index is 12.0. The van der Waals surface area contributed by atoms with Gasteiger partial charge in [0, 0.05) is 32.4 Å². The van der Waals surface area contributed by atoms with Crippen LogP contribution in [0.3, 0.4) is 0 Å². The number of hydrogen-bond acceptors (Lipinski definition) is 4. The molecule has 0 radical (unpaired) electrons. The molecule has 0 aliphatic heterocycles. The van der Waals surface area contributed by atoms with Crippen LogP contribution in [0.1, 0.15) is 23.2 Å². The molecule has 0 saturated carbocycles. The average Bonchev–Trinajstić information content (AvgIpc) is 2.38. The first-order chi connectivity index (χ1) is 8.56. The molecule has 0 N–H and O–H groups in total. The number of ether oxygens (including phenoxy) is 1. The number of methoxy groups -OCH3 is 1. The van der Waals surface area contributed by atoms with Gasteiger partial charge in [0.15, 0.2) is 0 Å². The molecule has 18 heavy (non-hydrogen) atoms. The van der Waals surface area contributed by atoms with E-state index in [1.54, 1.807) is 13.1 Å². The Kier molecular flexibility index (Phi) is 5.58. The number of carbonyl (C=O) groups is 2. The van der Waals surface area contributed by atoms with Gasteiger partial charge in [-0.25, -0.2) is 0 Å². The molecule has 1 aromatic heterocycles. The third kappa shape index (κ3) is 4.00. The van der Waals surface area contributed by atoms with Crippen molar-refractivity contribution in [2.75, 3.05) is 20.7 Å². The summed E-state index contributed by atoms with van der Waals surface area (Å²) in [7, 11) is 3.00. The lowest BCUT2D eigenvalue weighted by Gasteiger charge is -2.17. The van der Waals surface area contributed by atoms with Gasteiger partial charge in [0.25, 0.3) is 5.91 Å². The minimum Gasteiger partial charge on any atom is -0.469 e. The summed E-state index contributed by atoms with van der Waals surface area (Å²) in [5.41, 5.74) is 0.409. The van der Waals surface area contributed by atoms with Gasteiger partial charge >= 0.3 is 5.97 Å². The standard InChI is InChI=1S/C12H15ClN2O3/c1-15(7-3-4-11(16)18-2)12(17)9-5-6-14-8-10(9)13/h5-6,8H,3-4,7H2,1-2H3. The lowest BCUT2D eigenvalue weighted by Crippen LogP contribution is -2.28. The number of pyridine rings is 1. The van der Waals surface area contributed by atoms with Crippen LogP contribution in [0.15, 0.2) is 18.5 Å². The number of amides is 1. The van der Waals surface area contributed by atoms with Crippen LogP contribution in [0.4, 0.5) is 0 Å². The highest BCUT2D eigenvalue weighted by atomic mass is 35.5. The second kappa shape index (κ2) is 6.96. The van der Waals surface area contributed by atoms with Gasteiger partial charge in [-0.3, -0.25) is 14.6 Å². The van der Waals surface area contributed by atoms with E-state index in [1.165, 1.54) is 24.4 Å². The van der Waals surface area contributed by atoms with E-state index < -0.39 is 0 Å². The van der Waals surface area contributed by atoms with E-state index in [-0.39, 0.29) is 18.3 Å². The van der Waals surface area contributed by atoms with Crippen LogP contribution in [0, 0.1) is 0 Å². The first-order valence-corrected chi connectivity index (χ1v) is 5.86. The van der Waals surface area contributed by atoms with E-state index in [2.05, 4.69) is 9.72 Å². The van der Waals surface area contributed by atoms with E-state index >= 15 is 0 Å². The number of carbonyl (C=O) groups excluding carboxylic acids is 2. The molecular formula is C12H15ClN2O3. The predicted octanol–water partition coefficient (Wildman–Crippen LogP) is 1.76. The summed E-state index contributed by atoms with van der Waals surface area (Å²) in [4.78, 5) is 28.3. The van der Waals surface area contributed by atoms with E-state index in [0.717, 1.165) is 0 Å². The Morgan fingerprint density at radius 1 is 1.50 bits per heavy atom. The second-order valence-corrected chi connectivity index (χ2v) is 4.17. The van der Waals surface area contributed by atoms with Crippen LogP contribution in [-0.2, 0) is 9.53 Å². The quantitative estimate of drug-likeness (QED) is 0.765. The van der Waals surface area contributed by atoms with Crippen LogP contribution >= 0.6 is 11.6 Å². The molecular weight excluding hydrogens is 256 g/mol. The van der Waals surface area contributed by atoms with Crippen molar-refractivity contribution in [1.29, 1.82) is 0 Å². The highest BCUT2D eigenvalue weighted by Crippen LogP contribution is 2.15. The molecule has 0 saturated heterocycles. The summed E-state index contributed by atoms with van der Waals surface area (Å²) in [6.45, 7) is 0.465. The van der Waals surface area contributed by atoms with E-state index in [1.807, 2.05) is 0 Å². The van der Waals surface area contributed by atoms with Crippen molar-refractivity contribution >= 4 is 23.5 Å². The molecule has 1 aromatic rings. The van der Waals surface area contributed by atoms with E-state index in [4.69, 9.17) is 11.6 Å². The molecule has 0 unspecified atom stereocenters. The van der Waals surface area contributed by atoms with Gasteiger partial charge in [-0.05, 0) is 12.5 Å². The maximum Gasteiger partial charge on any atom is 0.305 e. The van der Waals surface area contributed by atoms with Crippen LogP contribution in [0.25, 0.3) is 0 Å². The van der Waals surface area contributed by atoms with Gasteiger partial charge in [0.2, 0.25) is 0 Å². The average molecular weight is 271 g/mol. The molecule has 1 heterocycles. The van der Waals surface area contributed by atoms with Crippen molar-refractivity contribution in [1.82, 2.24) is 9.88 Å². The van der Waals surface area contributed by atoms with Crippen molar-refractivity contribution < 1.29 is 14.3 Å². The van der Waals surface area contributed by atoms with Crippen LogP contribution in [0.2, 0.25) is 5.02 Å². The van der Waals surface area contributed by atoms with Crippen molar-refractivity contribution in [3.05, 3.63) is 29.0 Å². The first-order valence-electron chi connectivity index (χ1n) is 5.48. The Morgan fingerprint density at radius 2 is 2.22 bits per heavy atom. The fourth-order valence-corrected chi connectivity index (χ4v) is 1.62. The minimum atomic E-state index is -0.280. The number of hydrogen-bond donors (Lipinski definition) is 0. The van der Waals surface area contributed by atoms with Crippen LogP contribution < -0.4 is 0 Å². The van der Waals surface area contributed by atoms with Gasteiger partial charge in [0.05, 0.1) is 17.7 Å². The molecule has 0 bridgehead atoms. The zero-order valence-corrected chi connectivity index (χ0v) is 11.1. The molecule has 0 spiro atoms. The maximum absolute atomic E-state index is 12.0. The lowest BCUT2D eigenvalue weighted by molar-refractivity contribution is -0.140. The van der Waals surface area contributed by atoms with Gasteiger partial charge < -0.3 is 9.64 Å². The number of esters is 1. The van der Waals surface area contributed by atoms with Gasteiger partial charge in [-0.15, -0.1) is 0 Å². The summed E-state index contributed by atoms with van der Waals surface area (Å²) in [6, 6.07) is 1.57. The third-order valence-corrected chi connectivity index (χ3v) is 2.75. The Hall–Kier alpha value is -1.62. The monoisotopic (exact) mass is 270 g/mol. The summed E-state index contributed by atoms with van der Waals surface area (Å²) in [5, 5.41) is 0.322. The van der Waals surface area contributed by atoms with Crippen molar-refractivity contribution in [3.63, 3.8) is 0 Å². The second-order valence-electron chi connectivity index (χ2n) is 3.76. The third-order valence-electron chi connectivity index (χ3n) is 2.45. The molecule has 0 aliphatic carbocycles. The number of rotatable bonds is 5. The fourth-order valence-electron chi connectivity index (χ4n) is 1.42. The van der Waals surface area contributed by atoms with Crippen molar-refractivity contribution in [3.8, 4) is 0 Å². The fraction of sp³-hybridized carbons (Fsp3) is 0.417. The number of halogens is 1. The lowest BCUT2D eigenvalue weighted by atomic mass is 10.2. The SMILES string of the molecule is COC(=O)CCCN(C)C(=O)c1ccncc1Cl. The molecule has 6 heteroatoms. The zero-order valence-electron chi connectivity index (χ0n) is 10.4. The summed E-state index contributed by atoms with van der Waals surface area (Å²) in [6.07, 6.45) is 3.79. The number of aromatic nitrogens is 1. The smallest absolute Gasteiger partial charge is 0.305 e. The molecule has 0 fully saturated rings. The van der Waals surface area contributed by atoms with E-state index in [9.17, 15) is 9.59 Å². The summed E-state index contributed by atoms with van der Waals surface area (Å²) in [5.74, 6) is -0.468. The van der Waals surface area contributed by atoms with Crippen LogP contribution in [0.5, 0.6) is 0 Å². The predicted molar refractivity (Wildman–Crippen MR) is 67.5 cm³/mol.